The highest BCUT2D eigenvalue weighted by atomic mass is 16.4. The molecule has 0 radical (unpaired) electrons. The highest BCUT2D eigenvalue weighted by Crippen LogP contribution is 2.25. The summed E-state index contributed by atoms with van der Waals surface area (Å²) in [6.07, 6.45) is 3.82. The minimum atomic E-state index is -0.837. The first-order chi connectivity index (χ1) is 8.90. The molecule has 2 rings (SSSR count). The van der Waals surface area contributed by atoms with Crippen molar-refractivity contribution in [2.75, 3.05) is 0 Å². The van der Waals surface area contributed by atoms with Crippen LogP contribution in [-0.2, 0) is 11.2 Å². The third-order valence-electron chi connectivity index (χ3n) is 3.06. The number of imidazole rings is 1. The number of pyridine rings is 1. The van der Waals surface area contributed by atoms with Gasteiger partial charge in [0, 0.05) is 30.1 Å². The van der Waals surface area contributed by atoms with E-state index in [0.717, 1.165) is 17.0 Å². The first kappa shape index (κ1) is 13.3. The predicted molar refractivity (Wildman–Crippen MR) is 71.7 cm³/mol. The Bertz CT molecular complexity index is 588. The van der Waals surface area contributed by atoms with Crippen molar-refractivity contribution in [1.82, 2.24) is 15.0 Å². The van der Waals surface area contributed by atoms with Crippen LogP contribution in [0.3, 0.4) is 0 Å². The summed E-state index contributed by atoms with van der Waals surface area (Å²) >= 11 is 0. The van der Waals surface area contributed by atoms with Gasteiger partial charge in [0.05, 0.1) is 11.1 Å². The Morgan fingerprint density at radius 1 is 1.47 bits per heavy atom. The van der Waals surface area contributed by atoms with Gasteiger partial charge in [0.25, 0.3) is 0 Å². The van der Waals surface area contributed by atoms with Crippen LogP contribution in [0.1, 0.15) is 25.4 Å². The molecule has 0 bridgehead atoms. The van der Waals surface area contributed by atoms with E-state index >= 15 is 0 Å². The maximum atomic E-state index is 11.1. The van der Waals surface area contributed by atoms with Crippen LogP contribution in [0.4, 0.5) is 0 Å². The minimum Gasteiger partial charge on any atom is -0.481 e. The lowest BCUT2D eigenvalue weighted by atomic mass is 9.89. The second kappa shape index (κ2) is 4.84. The number of nitrogens with one attached hydrogen (secondary N) is 1. The van der Waals surface area contributed by atoms with Crippen molar-refractivity contribution in [1.29, 1.82) is 0 Å². The lowest BCUT2D eigenvalue weighted by Crippen LogP contribution is -2.26. The summed E-state index contributed by atoms with van der Waals surface area (Å²) in [5.41, 5.74) is 1.83. The van der Waals surface area contributed by atoms with Crippen LogP contribution in [0.5, 0.6) is 0 Å². The quantitative estimate of drug-likeness (QED) is 0.883. The van der Waals surface area contributed by atoms with Gasteiger partial charge in [-0.2, -0.15) is 0 Å². The highest BCUT2D eigenvalue weighted by molar-refractivity contribution is 5.74. The molecule has 2 aromatic rings. The SMILES string of the molecule is Cc1[nH]c(CC(C)(C)C(=O)O)nc1-c1cccnc1. The van der Waals surface area contributed by atoms with E-state index < -0.39 is 11.4 Å². The Hall–Kier alpha value is -2.17. The molecule has 100 valence electrons. The number of hydrogen-bond acceptors (Lipinski definition) is 3. The number of carboxylic acid groups (broad SMARTS) is 1. The van der Waals surface area contributed by atoms with E-state index in [-0.39, 0.29) is 0 Å². The molecule has 0 amide bonds. The average Bonchev–Trinajstić information content (AvgIpc) is 2.70. The van der Waals surface area contributed by atoms with Crippen molar-refractivity contribution >= 4 is 5.97 Å². The Labute approximate surface area is 111 Å². The molecule has 0 fully saturated rings. The van der Waals surface area contributed by atoms with E-state index in [0.29, 0.717) is 12.2 Å². The fourth-order valence-corrected chi connectivity index (χ4v) is 1.88. The topological polar surface area (TPSA) is 78.9 Å². The molecule has 0 aliphatic carbocycles. The smallest absolute Gasteiger partial charge is 0.309 e. The zero-order valence-corrected chi connectivity index (χ0v) is 11.3. The van der Waals surface area contributed by atoms with Gasteiger partial charge in [0.1, 0.15) is 5.82 Å². The molecule has 0 aliphatic heterocycles. The van der Waals surface area contributed by atoms with E-state index in [4.69, 9.17) is 5.11 Å². The molecule has 5 heteroatoms. The number of carbonyl (C=O) groups is 1. The van der Waals surface area contributed by atoms with Crippen LogP contribution < -0.4 is 0 Å². The number of H-pyrrole nitrogens is 1. The number of aromatic amines is 1. The van der Waals surface area contributed by atoms with Gasteiger partial charge in [-0.3, -0.25) is 9.78 Å². The summed E-state index contributed by atoms with van der Waals surface area (Å²) in [6, 6.07) is 3.78. The summed E-state index contributed by atoms with van der Waals surface area (Å²) in [5, 5.41) is 9.14. The van der Waals surface area contributed by atoms with Crippen LogP contribution in [0, 0.1) is 12.3 Å². The van der Waals surface area contributed by atoms with E-state index in [2.05, 4.69) is 15.0 Å². The number of aryl methyl sites for hydroxylation is 1. The van der Waals surface area contributed by atoms with E-state index in [1.807, 2.05) is 19.1 Å². The van der Waals surface area contributed by atoms with Crippen molar-refractivity contribution < 1.29 is 9.90 Å². The average molecular weight is 259 g/mol. The van der Waals surface area contributed by atoms with E-state index in [1.54, 1.807) is 26.2 Å². The maximum absolute atomic E-state index is 11.1. The summed E-state index contributed by atoms with van der Waals surface area (Å²) in [4.78, 5) is 22.8. The summed E-state index contributed by atoms with van der Waals surface area (Å²) in [6.45, 7) is 5.31. The maximum Gasteiger partial charge on any atom is 0.309 e. The number of hydrogen-bond donors (Lipinski definition) is 2. The Kier molecular flexibility index (Phi) is 3.38. The van der Waals surface area contributed by atoms with Crippen molar-refractivity contribution in [2.24, 2.45) is 5.41 Å². The second-order valence-corrected chi connectivity index (χ2v) is 5.26. The Morgan fingerprint density at radius 2 is 2.21 bits per heavy atom. The van der Waals surface area contributed by atoms with Gasteiger partial charge in [0.2, 0.25) is 0 Å². The third-order valence-corrected chi connectivity index (χ3v) is 3.06. The summed E-state index contributed by atoms with van der Waals surface area (Å²) < 4.78 is 0. The third kappa shape index (κ3) is 2.81. The molecule has 2 N–H and O–H groups in total. The molecule has 0 saturated heterocycles. The number of nitrogens with zero attached hydrogens (tertiary/aromatic N) is 2. The van der Waals surface area contributed by atoms with Crippen molar-refractivity contribution in [3.63, 3.8) is 0 Å². The second-order valence-electron chi connectivity index (χ2n) is 5.26. The van der Waals surface area contributed by atoms with Gasteiger partial charge in [0.15, 0.2) is 0 Å². The normalized spacial score (nSPS) is 11.5. The molecular formula is C14H17N3O2. The molecule has 0 aliphatic rings. The number of carboxylic acids is 1. The monoisotopic (exact) mass is 259 g/mol. The van der Waals surface area contributed by atoms with Crippen molar-refractivity contribution in [3.8, 4) is 11.3 Å². The van der Waals surface area contributed by atoms with E-state index in [1.165, 1.54) is 0 Å². The molecule has 0 aromatic carbocycles. The van der Waals surface area contributed by atoms with Crippen LogP contribution in [-0.4, -0.2) is 26.0 Å². The number of aromatic nitrogens is 3. The molecule has 0 saturated carbocycles. The molecule has 0 spiro atoms. The number of aliphatic carboxylic acids is 1. The van der Waals surface area contributed by atoms with Crippen molar-refractivity contribution in [3.05, 3.63) is 36.0 Å². The first-order valence-electron chi connectivity index (χ1n) is 6.09. The number of rotatable bonds is 4. The van der Waals surface area contributed by atoms with E-state index in [9.17, 15) is 4.79 Å². The zero-order chi connectivity index (χ0) is 14.0. The van der Waals surface area contributed by atoms with Crippen molar-refractivity contribution in [2.45, 2.75) is 27.2 Å². The Balaban J connectivity index is 2.30. The van der Waals surface area contributed by atoms with Gasteiger partial charge in [-0.05, 0) is 32.9 Å². The highest BCUT2D eigenvalue weighted by Gasteiger charge is 2.29. The van der Waals surface area contributed by atoms with Crippen LogP contribution in [0.25, 0.3) is 11.3 Å². The molecule has 2 heterocycles. The zero-order valence-electron chi connectivity index (χ0n) is 11.3. The predicted octanol–water partition coefficient (Wildman–Crippen LogP) is 2.43. The van der Waals surface area contributed by atoms with Gasteiger partial charge in [-0.25, -0.2) is 4.98 Å². The Morgan fingerprint density at radius 3 is 2.79 bits per heavy atom. The summed E-state index contributed by atoms with van der Waals surface area (Å²) in [7, 11) is 0. The molecule has 0 atom stereocenters. The fraction of sp³-hybridized carbons (Fsp3) is 0.357. The van der Waals surface area contributed by atoms with Gasteiger partial charge in [-0.1, -0.05) is 0 Å². The van der Waals surface area contributed by atoms with Gasteiger partial charge in [-0.15, -0.1) is 0 Å². The lowest BCUT2D eigenvalue weighted by molar-refractivity contribution is -0.146. The molecule has 2 aromatic heterocycles. The summed E-state index contributed by atoms with van der Waals surface area (Å²) in [5.74, 6) is -0.145. The molecule has 19 heavy (non-hydrogen) atoms. The largest absolute Gasteiger partial charge is 0.481 e. The van der Waals surface area contributed by atoms with Crippen LogP contribution in [0.2, 0.25) is 0 Å². The molecular weight excluding hydrogens is 242 g/mol. The van der Waals surface area contributed by atoms with Crippen LogP contribution >= 0.6 is 0 Å². The first-order valence-corrected chi connectivity index (χ1v) is 6.09. The van der Waals surface area contributed by atoms with Crippen LogP contribution in [0.15, 0.2) is 24.5 Å². The van der Waals surface area contributed by atoms with Gasteiger partial charge >= 0.3 is 5.97 Å². The molecule has 5 nitrogen and oxygen atoms in total. The van der Waals surface area contributed by atoms with Gasteiger partial charge < -0.3 is 10.1 Å². The molecule has 0 unspecified atom stereocenters. The standard InChI is InChI=1S/C14H17N3O2/c1-9-12(10-5-4-6-15-8-10)17-11(16-9)7-14(2,3)13(18)19/h4-6,8H,7H2,1-3H3,(H,16,17)(H,18,19). The minimum absolute atomic E-state index is 0.365. The lowest BCUT2D eigenvalue weighted by Gasteiger charge is -2.16. The fourth-order valence-electron chi connectivity index (χ4n) is 1.88.